The Labute approximate surface area is 117 Å². The number of hydrogen-bond donors (Lipinski definition) is 1. The molecule has 3 rings (SSSR count). The Morgan fingerprint density at radius 2 is 2.16 bits per heavy atom. The third kappa shape index (κ3) is 2.93. The van der Waals surface area contributed by atoms with Crippen LogP contribution in [0.25, 0.3) is 0 Å². The van der Waals surface area contributed by atoms with Crippen LogP contribution in [0, 0.1) is 0 Å². The van der Waals surface area contributed by atoms with Gasteiger partial charge in [-0.1, -0.05) is 24.6 Å². The molecule has 2 aliphatic rings. The molecule has 2 fully saturated rings. The molecule has 7 heteroatoms. The Morgan fingerprint density at radius 1 is 1.32 bits per heavy atom. The van der Waals surface area contributed by atoms with Crippen molar-refractivity contribution >= 4 is 11.8 Å². The van der Waals surface area contributed by atoms with Crippen LogP contribution in [-0.2, 0) is 4.74 Å². The first-order chi connectivity index (χ1) is 9.38. The molecule has 1 aliphatic heterocycles. The number of aromatic nitrogens is 4. The third-order valence-electron chi connectivity index (χ3n) is 4.06. The van der Waals surface area contributed by atoms with Gasteiger partial charge < -0.3 is 10.1 Å². The van der Waals surface area contributed by atoms with Crippen LogP contribution in [0.3, 0.4) is 0 Å². The van der Waals surface area contributed by atoms with Crippen LogP contribution in [-0.4, -0.2) is 51.8 Å². The van der Waals surface area contributed by atoms with E-state index in [0.29, 0.717) is 17.3 Å². The molecule has 1 saturated carbocycles. The Hall–Kier alpha value is -0.660. The second kappa shape index (κ2) is 6.19. The van der Waals surface area contributed by atoms with Gasteiger partial charge in [0, 0.05) is 12.6 Å². The molecule has 0 bridgehead atoms. The molecule has 0 aromatic carbocycles. The molecule has 0 amide bonds. The summed E-state index contributed by atoms with van der Waals surface area (Å²) in [7, 11) is 2.02. The Balaban J connectivity index is 1.70. The van der Waals surface area contributed by atoms with Gasteiger partial charge in [-0.25, -0.2) is 4.68 Å². The summed E-state index contributed by atoms with van der Waals surface area (Å²) in [4.78, 5) is 0. The van der Waals surface area contributed by atoms with Gasteiger partial charge in [0.1, 0.15) is 0 Å². The van der Waals surface area contributed by atoms with Crippen LogP contribution < -0.4 is 5.32 Å². The van der Waals surface area contributed by atoms with Gasteiger partial charge in [-0.2, -0.15) is 0 Å². The Morgan fingerprint density at radius 3 is 2.95 bits per heavy atom. The first kappa shape index (κ1) is 13.3. The van der Waals surface area contributed by atoms with Gasteiger partial charge in [-0.3, -0.25) is 0 Å². The summed E-state index contributed by atoms with van der Waals surface area (Å²) in [6.45, 7) is 1.61. The monoisotopic (exact) mass is 283 g/mol. The highest BCUT2D eigenvalue weighted by Gasteiger charge is 2.29. The van der Waals surface area contributed by atoms with Crippen LogP contribution in [0.2, 0.25) is 0 Å². The van der Waals surface area contributed by atoms with Gasteiger partial charge >= 0.3 is 0 Å². The normalized spacial score (nSPS) is 28.9. The molecule has 1 aliphatic carbocycles. The van der Waals surface area contributed by atoms with Crippen molar-refractivity contribution in [1.82, 2.24) is 25.5 Å². The zero-order valence-corrected chi connectivity index (χ0v) is 12.1. The molecule has 2 atom stereocenters. The molecule has 1 aromatic heterocycles. The van der Waals surface area contributed by atoms with Crippen molar-refractivity contribution in [1.29, 1.82) is 0 Å². The van der Waals surface area contributed by atoms with Crippen molar-refractivity contribution in [3.8, 4) is 0 Å². The van der Waals surface area contributed by atoms with Gasteiger partial charge in [-0.15, -0.1) is 5.10 Å². The van der Waals surface area contributed by atoms with E-state index in [4.69, 9.17) is 4.74 Å². The molecule has 0 radical (unpaired) electrons. The number of nitrogens with zero attached hydrogens (tertiary/aromatic N) is 4. The van der Waals surface area contributed by atoms with Crippen molar-refractivity contribution in [3.63, 3.8) is 0 Å². The second-order valence-corrected chi connectivity index (χ2v) is 6.47. The number of tetrazole rings is 1. The first-order valence-corrected chi connectivity index (χ1v) is 7.96. The van der Waals surface area contributed by atoms with Crippen LogP contribution in [0.5, 0.6) is 0 Å². The summed E-state index contributed by atoms with van der Waals surface area (Å²) in [5.41, 5.74) is 0. The van der Waals surface area contributed by atoms with Crippen LogP contribution in [0.1, 0.15) is 38.1 Å². The standard InChI is InChI=1S/C12H21N5OS/c1-13-10-6-7-18-8-11(10)19-12-14-15-16-17(12)9-4-2-3-5-9/h9-11,13H,2-8H2,1H3. The fourth-order valence-electron chi connectivity index (χ4n) is 2.93. The van der Waals surface area contributed by atoms with Crippen molar-refractivity contribution in [3.05, 3.63) is 0 Å². The number of rotatable bonds is 4. The minimum atomic E-state index is 0.393. The average molecular weight is 283 g/mol. The minimum Gasteiger partial charge on any atom is -0.380 e. The lowest BCUT2D eigenvalue weighted by Gasteiger charge is -2.30. The van der Waals surface area contributed by atoms with Crippen LogP contribution in [0.4, 0.5) is 0 Å². The molecule has 1 N–H and O–H groups in total. The zero-order chi connectivity index (χ0) is 13.1. The Kier molecular flexibility index (Phi) is 4.35. The van der Waals surface area contributed by atoms with E-state index in [-0.39, 0.29) is 0 Å². The van der Waals surface area contributed by atoms with E-state index in [1.165, 1.54) is 25.7 Å². The minimum absolute atomic E-state index is 0.393. The summed E-state index contributed by atoms with van der Waals surface area (Å²) < 4.78 is 7.62. The molecule has 1 aromatic rings. The maximum absolute atomic E-state index is 5.59. The van der Waals surface area contributed by atoms with E-state index in [1.54, 1.807) is 11.8 Å². The summed E-state index contributed by atoms with van der Waals surface area (Å²) in [6.07, 6.45) is 6.05. The van der Waals surface area contributed by atoms with Crippen LogP contribution in [0.15, 0.2) is 5.16 Å². The highest BCUT2D eigenvalue weighted by Crippen LogP contribution is 2.34. The van der Waals surface area contributed by atoms with Crippen molar-refractivity contribution in [2.75, 3.05) is 20.3 Å². The van der Waals surface area contributed by atoms with Crippen molar-refractivity contribution in [2.24, 2.45) is 0 Å². The first-order valence-electron chi connectivity index (χ1n) is 7.08. The molecule has 1 saturated heterocycles. The molecular formula is C12H21N5OS. The lowest BCUT2D eigenvalue weighted by Crippen LogP contribution is -2.43. The van der Waals surface area contributed by atoms with Crippen molar-refractivity contribution in [2.45, 2.75) is 54.6 Å². The van der Waals surface area contributed by atoms with E-state index in [9.17, 15) is 0 Å². The van der Waals surface area contributed by atoms with Crippen molar-refractivity contribution < 1.29 is 4.74 Å². The molecule has 6 nitrogen and oxygen atoms in total. The number of ether oxygens (including phenoxy) is 1. The quantitative estimate of drug-likeness (QED) is 0.897. The fourth-order valence-corrected chi connectivity index (χ4v) is 4.18. The topological polar surface area (TPSA) is 64.9 Å². The molecule has 0 spiro atoms. The van der Waals surface area contributed by atoms with E-state index in [1.807, 2.05) is 11.7 Å². The van der Waals surface area contributed by atoms with Crippen LogP contribution >= 0.6 is 11.8 Å². The van der Waals surface area contributed by atoms with E-state index in [0.717, 1.165) is 24.8 Å². The predicted octanol–water partition coefficient (Wildman–Crippen LogP) is 1.26. The Bertz CT molecular complexity index is 407. The van der Waals surface area contributed by atoms with Gasteiger partial charge in [0.15, 0.2) is 0 Å². The molecule has 2 unspecified atom stereocenters. The number of nitrogens with one attached hydrogen (secondary N) is 1. The summed E-state index contributed by atoms with van der Waals surface area (Å²) >= 11 is 1.76. The summed E-state index contributed by atoms with van der Waals surface area (Å²) in [5.74, 6) is 0. The zero-order valence-electron chi connectivity index (χ0n) is 11.3. The molecule has 2 heterocycles. The number of hydrogen-bond acceptors (Lipinski definition) is 6. The maximum Gasteiger partial charge on any atom is 0.209 e. The largest absolute Gasteiger partial charge is 0.380 e. The lowest BCUT2D eigenvalue weighted by molar-refractivity contribution is 0.0849. The lowest BCUT2D eigenvalue weighted by atomic mass is 10.1. The summed E-state index contributed by atoms with van der Waals surface area (Å²) in [5, 5.41) is 17.0. The second-order valence-electron chi connectivity index (χ2n) is 5.26. The van der Waals surface area contributed by atoms with Gasteiger partial charge in [-0.05, 0) is 36.7 Å². The van der Waals surface area contributed by atoms with Gasteiger partial charge in [0.05, 0.1) is 17.9 Å². The van der Waals surface area contributed by atoms with Gasteiger partial charge in [0.25, 0.3) is 0 Å². The summed E-state index contributed by atoms with van der Waals surface area (Å²) in [6, 6.07) is 0.975. The average Bonchev–Trinajstić information content (AvgIpc) is 3.09. The van der Waals surface area contributed by atoms with E-state index >= 15 is 0 Å². The fraction of sp³-hybridized carbons (Fsp3) is 0.917. The predicted molar refractivity (Wildman–Crippen MR) is 73.3 cm³/mol. The highest BCUT2D eigenvalue weighted by atomic mass is 32.2. The number of thioether (sulfide) groups is 1. The molecule has 19 heavy (non-hydrogen) atoms. The molecular weight excluding hydrogens is 262 g/mol. The van der Waals surface area contributed by atoms with E-state index in [2.05, 4.69) is 20.8 Å². The maximum atomic E-state index is 5.59. The van der Waals surface area contributed by atoms with Gasteiger partial charge in [0.2, 0.25) is 5.16 Å². The highest BCUT2D eigenvalue weighted by molar-refractivity contribution is 7.99. The third-order valence-corrected chi connectivity index (χ3v) is 5.31. The van der Waals surface area contributed by atoms with E-state index < -0.39 is 0 Å². The SMILES string of the molecule is CNC1CCOCC1Sc1nnnn1C1CCCC1. The smallest absolute Gasteiger partial charge is 0.209 e. The molecule has 106 valence electrons.